The summed E-state index contributed by atoms with van der Waals surface area (Å²) in [5.74, 6) is 0.744. The highest BCUT2D eigenvalue weighted by Crippen LogP contribution is 2.15. The van der Waals surface area contributed by atoms with Crippen LogP contribution in [0, 0.1) is 0 Å². The van der Waals surface area contributed by atoms with Crippen LogP contribution in [0.15, 0.2) is 36.5 Å². The molecule has 0 aliphatic carbocycles. The number of aliphatic hydroxyl groups is 1. The summed E-state index contributed by atoms with van der Waals surface area (Å²) in [7, 11) is 0. The van der Waals surface area contributed by atoms with Gasteiger partial charge in [0.1, 0.15) is 0 Å². The van der Waals surface area contributed by atoms with Gasteiger partial charge in [0.25, 0.3) is 0 Å². The molecule has 0 saturated heterocycles. The lowest BCUT2D eigenvalue weighted by Crippen LogP contribution is -2.29. The molecule has 0 amide bonds. The predicted octanol–water partition coefficient (Wildman–Crippen LogP) is 18.8. The van der Waals surface area contributed by atoms with Crippen LogP contribution in [0.1, 0.15) is 290 Å². The molecule has 6 heteroatoms. The summed E-state index contributed by atoms with van der Waals surface area (Å²) >= 11 is 6.15. The number of hydrogen-bond acceptors (Lipinski definition) is 5. The highest BCUT2D eigenvalue weighted by atomic mass is 35.5. The minimum Gasteiger partial charge on any atom is -0.466 e. The van der Waals surface area contributed by atoms with Gasteiger partial charge < -0.3 is 19.6 Å². The Balaban J connectivity index is 3.54. The zero-order valence-corrected chi connectivity index (χ0v) is 46.0. The molecule has 0 fully saturated rings. The van der Waals surface area contributed by atoms with Crippen LogP contribution in [0.4, 0.5) is 0 Å². The Morgan fingerprint density at radius 2 is 0.701 bits per heavy atom. The lowest BCUT2D eigenvalue weighted by molar-refractivity contribution is -0.143. The molecule has 0 aliphatic rings. The van der Waals surface area contributed by atoms with Gasteiger partial charge in [0, 0.05) is 25.4 Å². The molecule has 0 heterocycles. The Bertz CT molecular complexity index is 1030. The molecule has 0 atom stereocenters. The number of ether oxygens (including phenoxy) is 1. The Morgan fingerprint density at radius 3 is 1.10 bits per heavy atom. The Kier molecular flexibility index (Phi) is 58.2. The normalized spacial score (nSPS) is 12.1. The number of esters is 1. The summed E-state index contributed by atoms with van der Waals surface area (Å²) in [6.45, 7) is 11.9. The second-order valence-electron chi connectivity index (χ2n) is 20.2. The summed E-state index contributed by atoms with van der Waals surface area (Å²) in [5, 5.41) is 9.56. The minimum absolute atomic E-state index is 0.00327. The maximum atomic E-state index is 12.2. The first kappa shape index (κ1) is 65.9. The number of halogens is 1. The number of carbonyl (C=O) groups excluding carboxylic acids is 1. The molecular formula is C61H117ClN2O3. The molecule has 0 aromatic heterocycles. The van der Waals surface area contributed by atoms with Gasteiger partial charge in [-0.1, -0.05) is 224 Å². The third-order valence-corrected chi connectivity index (χ3v) is 13.9. The SMILES string of the molecule is CCCCC/C=C\C/C=C\CCCCCCCCN(CCO)CCCCCCCCCC(=O)OCCCCCCCCCCCN(CCCl)CCCCCCCC/C=C\CCCCCCCC. The van der Waals surface area contributed by atoms with E-state index < -0.39 is 0 Å². The highest BCUT2D eigenvalue weighted by Gasteiger charge is 2.07. The van der Waals surface area contributed by atoms with Crippen LogP contribution in [0.2, 0.25) is 0 Å². The van der Waals surface area contributed by atoms with Crippen LogP contribution in [0.5, 0.6) is 0 Å². The average molecular weight is 962 g/mol. The molecule has 396 valence electrons. The summed E-state index contributed by atoms with van der Waals surface area (Å²) in [5.41, 5.74) is 0. The minimum atomic E-state index is -0.00327. The van der Waals surface area contributed by atoms with Gasteiger partial charge in [-0.25, -0.2) is 0 Å². The number of carbonyl (C=O) groups is 1. The number of allylic oxidation sites excluding steroid dienone is 6. The topological polar surface area (TPSA) is 53.0 Å². The molecule has 1 N–H and O–H groups in total. The number of aliphatic hydroxyl groups excluding tert-OH is 1. The lowest BCUT2D eigenvalue weighted by atomic mass is 10.1. The van der Waals surface area contributed by atoms with E-state index in [0.29, 0.717) is 13.0 Å². The van der Waals surface area contributed by atoms with E-state index in [1.165, 1.54) is 257 Å². The smallest absolute Gasteiger partial charge is 0.305 e. The Morgan fingerprint density at radius 1 is 0.388 bits per heavy atom. The molecular weight excluding hydrogens is 844 g/mol. The number of hydrogen-bond donors (Lipinski definition) is 1. The molecule has 0 aromatic carbocycles. The molecule has 0 bridgehead atoms. The summed E-state index contributed by atoms with van der Waals surface area (Å²) in [6.07, 6.45) is 69.1. The molecule has 0 unspecified atom stereocenters. The summed E-state index contributed by atoms with van der Waals surface area (Å²) in [6, 6.07) is 0. The fraction of sp³-hybridized carbons (Fsp3) is 0.885. The highest BCUT2D eigenvalue weighted by molar-refractivity contribution is 6.18. The van der Waals surface area contributed by atoms with E-state index >= 15 is 0 Å². The van der Waals surface area contributed by atoms with Gasteiger partial charge in [-0.3, -0.25) is 4.79 Å². The van der Waals surface area contributed by atoms with Gasteiger partial charge in [-0.05, 0) is 122 Å². The van der Waals surface area contributed by atoms with Crippen molar-refractivity contribution in [1.82, 2.24) is 9.80 Å². The van der Waals surface area contributed by atoms with Crippen molar-refractivity contribution < 1.29 is 14.6 Å². The zero-order chi connectivity index (χ0) is 48.5. The van der Waals surface area contributed by atoms with E-state index in [0.717, 1.165) is 57.7 Å². The second kappa shape index (κ2) is 59.2. The summed E-state index contributed by atoms with van der Waals surface area (Å²) < 4.78 is 5.53. The van der Waals surface area contributed by atoms with Gasteiger partial charge in [-0.15, -0.1) is 11.6 Å². The Hall–Kier alpha value is -1.14. The van der Waals surface area contributed by atoms with Gasteiger partial charge in [0.15, 0.2) is 0 Å². The van der Waals surface area contributed by atoms with E-state index in [1.54, 1.807) is 0 Å². The van der Waals surface area contributed by atoms with Crippen molar-refractivity contribution in [2.45, 2.75) is 290 Å². The van der Waals surface area contributed by atoms with E-state index in [9.17, 15) is 9.90 Å². The van der Waals surface area contributed by atoms with Crippen LogP contribution in [-0.4, -0.2) is 79.2 Å². The van der Waals surface area contributed by atoms with Crippen molar-refractivity contribution in [3.63, 3.8) is 0 Å². The van der Waals surface area contributed by atoms with Gasteiger partial charge >= 0.3 is 5.97 Å². The average Bonchev–Trinajstić information content (AvgIpc) is 3.33. The fourth-order valence-corrected chi connectivity index (χ4v) is 9.50. The van der Waals surface area contributed by atoms with Crippen LogP contribution in [0.3, 0.4) is 0 Å². The molecule has 0 saturated carbocycles. The molecule has 67 heavy (non-hydrogen) atoms. The van der Waals surface area contributed by atoms with Crippen LogP contribution in [-0.2, 0) is 9.53 Å². The predicted molar refractivity (Wildman–Crippen MR) is 299 cm³/mol. The van der Waals surface area contributed by atoms with Gasteiger partial charge in [0.05, 0.1) is 13.2 Å². The van der Waals surface area contributed by atoms with Crippen molar-refractivity contribution >= 4 is 17.6 Å². The Labute approximate surface area is 424 Å². The van der Waals surface area contributed by atoms with Gasteiger partial charge in [0.2, 0.25) is 0 Å². The largest absolute Gasteiger partial charge is 0.466 e. The van der Waals surface area contributed by atoms with E-state index in [2.05, 4.69) is 60.1 Å². The molecule has 0 aromatic rings. The monoisotopic (exact) mass is 961 g/mol. The maximum Gasteiger partial charge on any atom is 0.305 e. The fourth-order valence-electron chi connectivity index (χ4n) is 9.26. The molecule has 5 nitrogen and oxygen atoms in total. The molecule has 0 radical (unpaired) electrons. The number of unbranched alkanes of at least 4 members (excludes halogenated alkanes) is 35. The lowest BCUT2D eigenvalue weighted by Gasteiger charge is -2.21. The first-order valence-corrected chi connectivity index (χ1v) is 30.4. The van der Waals surface area contributed by atoms with Crippen LogP contribution in [0.25, 0.3) is 0 Å². The number of alkyl halides is 1. The van der Waals surface area contributed by atoms with E-state index in [4.69, 9.17) is 16.3 Å². The van der Waals surface area contributed by atoms with Crippen molar-refractivity contribution in [2.75, 3.05) is 58.4 Å². The third-order valence-electron chi connectivity index (χ3n) is 13.7. The van der Waals surface area contributed by atoms with E-state index in [1.807, 2.05) is 0 Å². The number of rotatable bonds is 57. The van der Waals surface area contributed by atoms with Crippen LogP contribution < -0.4 is 0 Å². The van der Waals surface area contributed by atoms with Crippen molar-refractivity contribution in [2.24, 2.45) is 0 Å². The quantitative estimate of drug-likeness (QED) is 0.0285. The maximum absolute atomic E-state index is 12.2. The molecule has 0 rings (SSSR count). The molecule has 0 spiro atoms. The van der Waals surface area contributed by atoms with E-state index in [-0.39, 0.29) is 12.6 Å². The van der Waals surface area contributed by atoms with Crippen molar-refractivity contribution in [1.29, 1.82) is 0 Å². The standard InChI is InChI=1S/C61H117ClN2O3/c1-3-5-7-9-11-13-15-17-19-21-23-25-28-34-40-46-53-63(57-52-62)54-47-41-35-30-27-31-38-44-50-60-67-61(66)51-45-39-33-32-37-43-49-56-64(58-59-65)55-48-42-36-29-26-24-22-20-18-16-14-12-10-8-6-4-2/h12,14,17-20,65H,3-11,13,15-16,21-60H2,1-2H3/b14-12-,19-17-,20-18-. The van der Waals surface area contributed by atoms with Crippen LogP contribution >= 0.6 is 11.6 Å². The van der Waals surface area contributed by atoms with Crippen molar-refractivity contribution in [3.8, 4) is 0 Å². The third kappa shape index (κ3) is 55.7. The summed E-state index contributed by atoms with van der Waals surface area (Å²) in [4.78, 5) is 17.3. The van der Waals surface area contributed by atoms with Crippen molar-refractivity contribution in [3.05, 3.63) is 36.5 Å². The first-order chi connectivity index (χ1) is 33.2. The molecule has 0 aliphatic heterocycles. The zero-order valence-electron chi connectivity index (χ0n) is 45.3. The second-order valence-corrected chi connectivity index (χ2v) is 20.6. The first-order valence-electron chi connectivity index (χ1n) is 29.9. The number of nitrogens with zero attached hydrogens (tertiary/aromatic N) is 2. The van der Waals surface area contributed by atoms with Gasteiger partial charge in [-0.2, -0.15) is 0 Å².